The molecule has 24 heavy (non-hydrogen) atoms. The van der Waals surface area contributed by atoms with Crippen molar-refractivity contribution in [3.05, 3.63) is 59.4 Å². The van der Waals surface area contributed by atoms with Crippen LogP contribution in [-0.4, -0.2) is 35.3 Å². The van der Waals surface area contributed by atoms with Gasteiger partial charge in [-0.2, -0.15) is 0 Å². The van der Waals surface area contributed by atoms with Gasteiger partial charge >= 0.3 is 0 Å². The first-order valence-corrected chi connectivity index (χ1v) is 7.95. The lowest BCUT2D eigenvalue weighted by molar-refractivity contribution is -0.133. The van der Waals surface area contributed by atoms with Gasteiger partial charge in [0.15, 0.2) is 0 Å². The van der Waals surface area contributed by atoms with Crippen molar-refractivity contribution >= 4 is 17.5 Å². The third kappa shape index (κ3) is 5.19. The van der Waals surface area contributed by atoms with Gasteiger partial charge in [0.1, 0.15) is 6.42 Å². The van der Waals surface area contributed by atoms with Crippen LogP contribution < -0.4 is 5.32 Å². The Morgan fingerprint density at radius 1 is 1.12 bits per heavy atom. The topological polar surface area (TPSA) is 62.3 Å². The molecular weight excluding hydrogens is 302 g/mol. The van der Waals surface area contributed by atoms with E-state index in [0.29, 0.717) is 6.54 Å². The molecule has 0 spiro atoms. The molecule has 126 valence electrons. The molecule has 0 radical (unpaired) electrons. The first-order chi connectivity index (χ1) is 11.5. The number of rotatable bonds is 6. The molecule has 0 saturated heterocycles. The van der Waals surface area contributed by atoms with E-state index in [1.807, 2.05) is 44.2 Å². The molecule has 0 atom stereocenters. The normalized spacial score (nSPS) is 10.3. The van der Waals surface area contributed by atoms with Crippen LogP contribution in [0.2, 0.25) is 0 Å². The van der Waals surface area contributed by atoms with Crippen LogP contribution in [0.3, 0.4) is 0 Å². The SMILES string of the molecule is Cc1ccc(C)c(NC(=O)CC(=O)N(C)CCc2ccncc2)c1. The van der Waals surface area contributed by atoms with Crippen LogP contribution >= 0.6 is 0 Å². The Kier molecular flexibility index (Phi) is 6.07. The highest BCUT2D eigenvalue weighted by atomic mass is 16.2. The summed E-state index contributed by atoms with van der Waals surface area (Å²) in [4.78, 5) is 29.8. The molecule has 2 amide bonds. The van der Waals surface area contributed by atoms with Gasteiger partial charge in [0.25, 0.3) is 0 Å². The number of aryl methyl sites for hydroxylation is 2. The number of nitrogens with one attached hydrogen (secondary N) is 1. The summed E-state index contributed by atoms with van der Waals surface area (Å²) in [6.07, 6.45) is 4.05. The summed E-state index contributed by atoms with van der Waals surface area (Å²) in [6.45, 7) is 4.46. The van der Waals surface area contributed by atoms with E-state index in [-0.39, 0.29) is 18.2 Å². The lowest BCUT2D eigenvalue weighted by Crippen LogP contribution is -2.32. The minimum absolute atomic E-state index is 0.153. The number of amides is 2. The molecule has 1 heterocycles. The monoisotopic (exact) mass is 325 g/mol. The number of carbonyl (C=O) groups is 2. The summed E-state index contributed by atoms with van der Waals surface area (Å²) in [7, 11) is 1.72. The van der Waals surface area contributed by atoms with Crippen molar-refractivity contribution < 1.29 is 9.59 Å². The van der Waals surface area contributed by atoms with E-state index in [1.54, 1.807) is 24.3 Å². The van der Waals surface area contributed by atoms with Crippen LogP contribution in [0.4, 0.5) is 5.69 Å². The second-order valence-corrected chi connectivity index (χ2v) is 5.96. The number of anilines is 1. The van der Waals surface area contributed by atoms with Crippen molar-refractivity contribution in [3.8, 4) is 0 Å². The van der Waals surface area contributed by atoms with Crippen molar-refractivity contribution in [2.45, 2.75) is 26.7 Å². The van der Waals surface area contributed by atoms with Crippen molar-refractivity contribution in [1.29, 1.82) is 0 Å². The van der Waals surface area contributed by atoms with Crippen LogP contribution in [0.5, 0.6) is 0 Å². The Labute approximate surface area is 142 Å². The highest BCUT2D eigenvalue weighted by Crippen LogP contribution is 2.16. The van der Waals surface area contributed by atoms with E-state index < -0.39 is 0 Å². The minimum atomic E-state index is -0.288. The number of aromatic nitrogens is 1. The molecule has 0 unspecified atom stereocenters. The smallest absolute Gasteiger partial charge is 0.233 e. The molecule has 2 rings (SSSR count). The summed E-state index contributed by atoms with van der Waals surface area (Å²) in [5.74, 6) is -0.476. The zero-order valence-electron chi connectivity index (χ0n) is 14.4. The van der Waals surface area contributed by atoms with Crippen LogP contribution in [0.25, 0.3) is 0 Å². The Balaban J connectivity index is 1.84. The van der Waals surface area contributed by atoms with Crippen molar-refractivity contribution in [2.24, 2.45) is 0 Å². The molecule has 5 nitrogen and oxygen atoms in total. The van der Waals surface area contributed by atoms with Gasteiger partial charge < -0.3 is 10.2 Å². The van der Waals surface area contributed by atoms with Crippen LogP contribution in [-0.2, 0) is 16.0 Å². The fourth-order valence-electron chi connectivity index (χ4n) is 2.31. The Bertz CT molecular complexity index is 714. The summed E-state index contributed by atoms with van der Waals surface area (Å²) in [5, 5.41) is 2.82. The maximum atomic E-state index is 12.2. The summed E-state index contributed by atoms with van der Waals surface area (Å²) in [5.41, 5.74) is 3.92. The van der Waals surface area contributed by atoms with E-state index in [0.717, 1.165) is 28.8 Å². The van der Waals surface area contributed by atoms with E-state index in [4.69, 9.17) is 0 Å². The van der Waals surface area contributed by atoms with E-state index in [1.165, 1.54) is 0 Å². The van der Waals surface area contributed by atoms with Gasteiger partial charge in [0, 0.05) is 31.7 Å². The van der Waals surface area contributed by atoms with E-state index >= 15 is 0 Å². The fraction of sp³-hybridized carbons (Fsp3) is 0.316. The zero-order valence-corrected chi connectivity index (χ0v) is 14.4. The van der Waals surface area contributed by atoms with Crippen LogP contribution in [0, 0.1) is 13.8 Å². The number of hydrogen-bond acceptors (Lipinski definition) is 3. The predicted molar refractivity (Wildman–Crippen MR) is 94.7 cm³/mol. The Hall–Kier alpha value is -2.69. The van der Waals surface area contributed by atoms with Crippen molar-refractivity contribution in [3.63, 3.8) is 0 Å². The first-order valence-electron chi connectivity index (χ1n) is 7.95. The van der Waals surface area contributed by atoms with E-state index in [2.05, 4.69) is 10.3 Å². The molecule has 0 fully saturated rings. The maximum absolute atomic E-state index is 12.2. The standard InChI is InChI=1S/C19H23N3O2/c1-14-4-5-15(2)17(12-14)21-18(23)13-19(24)22(3)11-8-16-6-9-20-10-7-16/h4-7,9-10,12H,8,11,13H2,1-3H3,(H,21,23). The predicted octanol–water partition coefficient (Wildman–Crippen LogP) is 2.73. The van der Waals surface area contributed by atoms with Gasteiger partial charge in [-0.3, -0.25) is 14.6 Å². The highest BCUT2D eigenvalue weighted by Gasteiger charge is 2.14. The average molecular weight is 325 g/mol. The maximum Gasteiger partial charge on any atom is 0.233 e. The number of benzene rings is 1. The molecule has 0 aliphatic heterocycles. The number of carbonyl (C=O) groups excluding carboxylic acids is 2. The second kappa shape index (κ2) is 8.24. The van der Waals surface area contributed by atoms with Gasteiger partial charge in [-0.1, -0.05) is 12.1 Å². The Morgan fingerprint density at radius 3 is 2.54 bits per heavy atom. The van der Waals surface area contributed by atoms with Crippen molar-refractivity contribution in [1.82, 2.24) is 9.88 Å². The van der Waals surface area contributed by atoms with Crippen molar-refractivity contribution in [2.75, 3.05) is 18.9 Å². The number of pyridine rings is 1. The second-order valence-electron chi connectivity index (χ2n) is 5.96. The van der Waals surface area contributed by atoms with Crippen LogP contribution in [0.15, 0.2) is 42.7 Å². The molecule has 1 N–H and O–H groups in total. The molecule has 0 saturated carbocycles. The Morgan fingerprint density at radius 2 is 1.83 bits per heavy atom. The van der Waals surface area contributed by atoms with Gasteiger partial charge in [0.2, 0.25) is 11.8 Å². The lowest BCUT2D eigenvalue weighted by atomic mass is 10.1. The zero-order chi connectivity index (χ0) is 17.5. The van der Waals surface area contributed by atoms with E-state index in [9.17, 15) is 9.59 Å². The first kappa shape index (κ1) is 17.7. The number of likely N-dealkylation sites (N-methyl/N-ethyl adjacent to an activating group) is 1. The third-order valence-electron chi connectivity index (χ3n) is 3.89. The molecule has 1 aromatic carbocycles. The molecule has 0 aliphatic carbocycles. The van der Waals surface area contributed by atoms with Gasteiger partial charge in [0.05, 0.1) is 0 Å². The fourth-order valence-corrected chi connectivity index (χ4v) is 2.31. The minimum Gasteiger partial charge on any atom is -0.345 e. The summed E-state index contributed by atoms with van der Waals surface area (Å²) < 4.78 is 0. The molecular formula is C19H23N3O2. The molecule has 5 heteroatoms. The summed E-state index contributed by atoms with van der Waals surface area (Å²) >= 11 is 0. The quantitative estimate of drug-likeness (QED) is 0.831. The number of nitrogens with zero attached hydrogens (tertiary/aromatic N) is 2. The average Bonchev–Trinajstić information content (AvgIpc) is 2.56. The molecule has 0 bridgehead atoms. The van der Waals surface area contributed by atoms with Gasteiger partial charge in [-0.15, -0.1) is 0 Å². The number of hydrogen-bond donors (Lipinski definition) is 1. The van der Waals surface area contributed by atoms with Crippen LogP contribution in [0.1, 0.15) is 23.1 Å². The van der Waals surface area contributed by atoms with Gasteiger partial charge in [-0.05, 0) is 55.2 Å². The third-order valence-corrected chi connectivity index (χ3v) is 3.89. The largest absolute Gasteiger partial charge is 0.345 e. The molecule has 1 aromatic heterocycles. The summed E-state index contributed by atoms with van der Waals surface area (Å²) in [6, 6.07) is 9.69. The molecule has 0 aliphatic rings. The van der Waals surface area contributed by atoms with Gasteiger partial charge in [-0.25, -0.2) is 0 Å². The highest BCUT2D eigenvalue weighted by molar-refractivity contribution is 6.03. The lowest BCUT2D eigenvalue weighted by Gasteiger charge is -2.17. The molecule has 2 aromatic rings.